The third kappa shape index (κ3) is 1.98. The second-order valence-corrected chi connectivity index (χ2v) is 4.16. The Balaban J connectivity index is 2.29. The first-order chi connectivity index (χ1) is 6.27. The predicted octanol–water partition coefficient (Wildman–Crippen LogP) is 3.42. The summed E-state index contributed by atoms with van der Waals surface area (Å²) < 4.78 is 0. The van der Waals surface area contributed by atoms with Crippen molar-refractivity contribution in [2.75, 3.05) is 6.54 Å². The zero-order valence-corrected chi connectivity index (χ0v) is 8.70. The molecule has 0 aliphatic carbocycles. The van der Waals surface area contributed by atoms with Gasteiger partial charge in [-0.1, -0.05) is 29.3 Å². The summed E-state index contributed by atoms with van der Waals surface area (Å²) in [7, 11) is 0. The van der Waals surface area contributed by atoms with Gasteiger partial charge in [-0.3, -0.25) is 0 Å². The van der Waals surface area contributed by atoms with Crippen molar-refractivity contribution in [3.05, 3.63) is 33.8 Å². The minimum atomic E-state index is 0.421. The van der Waals surface area contributed by atoms with Gasteiger partial charge in [-0.2, -0.15) is 0 Å². The molecule has 0 saturated carbocycles. The highest BCUT2D eigenvalue weighted by Gasteiger charge is 2.18. The second-order valence-electron chi connectivity index (χ2n) is 3.31. The van der Waals surface area contributed by atoms with Crippen LogP contribution in [0.3, 0.4) is 0 Å². The molecule has 1 nitrogen and oxygen atoms in total. The summed E-state index contributed by atoms with van der Waals surface area (Å²) in [4.78, 5) is 0. The molecule has 1 fully saturated rings. The average molecular weight is 216 g/mol. The van der Waals surface area contributed by atoms with E-state index in [1.54, 1.807) is 6.07 Å². The molecule has 0 spiro atoms. The van der Waals surface area contributed by atoms with Gasteiger partial charge in [0.05, 0.1) is 0 Å². The molecule has 1 heterocycles. The Kier molecular flexibility index (Phi) is 2.77. The van der Waals surface area contributed by atoms with Crippen molar-refractivity contribution in [2.24, 2.45) is 0 Å². The van der Waals surface area contributed by atoms with Crippen LogP contribution in [0, 0.1) is 0 Å². The molecule has 1 aromatic carbocycles. The van der Waals surface area contributed by atoms with Gasteiger partial charge in [-0.15, -0.1) is 0 Å². The number of hydrogen-bond acceptors (Lipinski definition) is 1. The van der Waals surface area contributed by atoms with Gasteiger partial charge in [-0.25, -0.2) is 0 Å². The van der Waals surface area contributed by atoms with E-state index in [1.165, 1.54) is 18.4 Å². The Bertz CT molecular complexity index is 306. The molecule has 0 bridgehead atoms. The molecule has 0 unspecified atom stereocenters. The fourth-order valence-electron chi connectivity index (χ4n) is 1.73. The summed E-state index contributed by atoms with van der Waals surface area (Å²) in [5, 5.41) is 4.88. The maximum absolute atomic E-state index is 6.09. The van der Waals surface area contributed by atoms with Crippen molar-refractivity contribution in [3.8, 4) is 0 Å². The number of hydrogen-bond donors (Lipinski definition) is 1. The maximum atomic E-state index is 6.09. The van der Waals surface area contributed by atoms with Gasteiger partial charge >= 0.3 is 0 Å². The monoisotopic (exact) mass is 215 g/mol. The van der Waals surface area contributed by atoms with Gasteiger partial charge < -0.3 is 5.32 Å². The van der Waals surface area contributed by atoms with Crippen LogP contribution in [0.4, 0.5) is 0 Å². The van der Waals surface area contributed by atoms with E-state index in [9.17, 15) is 0 Å². The lowest BCUT2D eigenvalue weighted by Crippen LogP contribution is -2.13. The van der Waals surface area contributed by atoms with E-state index >= 15 is 0 Å². The molecule has 2 rings (SSSR count). The first kappa shape index (κ1) is 9.32. The maximum Gasteiger partial charge on any atom is 0.0468 e. The molecule has 1 saturated heterocycles. The number of halogens is 2. The van der Waals surface area contributed by atoms with Gasteiger partial charge in [0.15, 0.2) is 0 Å². The van der Waals surface area contributed by atoms with Gasteiger partial charge in [0.1, 0.15) is 0 Å². The largest absolute Gasteiger partial charge is 0.310 e. The minimum absolute atomic E-state index is 0.421. The minimum Gasteiger partial charge on any atom is -0.310 e. The fourth-order valence-corrected chi connectivity index (χ4v) is 2.27. The molecule has 0 radical (unpaired) electrons. The lowest BCUT2D eigenvalue weighted by molar-refractivity contribution is 0.648. The van der Waals surface area contributed by atoms with E-state index in [4.69, 9.17) is 23.2 Å². The lowest BCUT2D eigenvalue weighted by Gasteiger charge is -2.12. The van der Waals surface area contributed by atoms with E-state index < -0.39 is 0 Å². The van der Waals surface area contributed by atoms with Crippen LogP contribution >= 0.6 is 23.2 Å². The predicted molar refractivity (Wildman–Crippen MR) is 56.4 cm³/mol. The van der Waals surface area contributed by atoms with E-state index in [1.807, 2.05) is 12.1 Å². The van der Waals surface area contributed by atoms with Crippen LogP contribution in [0.15, 0.2) is 18.2 Å². The Morgan fingerprint density at radius 1 is 1.31 bits per heavy atom. The van der Waals surface area contributed by atoms with Crippen LogP contribution in [-0.2, 0) is 0 Å². The Labute approximate surface area is 88.0 Å². The molecule has 3 heteroatoms. The summed E-state index contributed by atoms with van der Waals surface area (Å²) in [6, 6.07) is 6.12. The third-order valence-corrected chi connectivity index (χ3v) is 2.96. The normalized spacial score (nSPS) is 22.2. The van der Waals surface area contributed by atoms with Crippen molar-refractivity contribution in [3.63, 3.8) is 0 Å². The molecular formula is C10H11Cl2N. The first-order valence-corrected chi connectivity index (χ1v) is 5.21. The van der Waals surface area contributed by atoms with Crippen molar-refractivity contribution in [2.45, 2.75) is 18.9 Å². The summed E-state index contributed by atoms with van der Waals surface area (Å²) >= 11 is 11.9. The van der Waals surface area contributed by atoms with E-state index in [0.29, 0.717) is 11.1 Å². The van der Waals surface area contributed by atoms with Crippen LogP contribution in [0.25, 0.3) is 0 Å². The first-order valence-electron chi connectivity index (χ1n) is 4.46. The molecule has 0 amide bonds. The van der Waals surface area contributed by atoms with Crippen LogP contribution in [0.2, 0.25) is 10.0 Å². The van der Waals surface area contributed by atoms with Gasteiger partial charge in [0.25, 0.3) is 0 Å². The highest BCUT2D eigenvalue weighted by Crippen LogP contribution is 2.30. The number of nitrogens with one attached hydrogen (secondary N) is 1. The Hall–Kier alpha value is -0.240. The van der Waals surface area contributed by atoms with Crippen molar-refractivity contribution < 1.29 is 0 Å². The molecule has 1 aromatic rings. The van der Waals surface area contributed by atoms with Gasteiger partial charge in [0, 0.05) is 16.1 Å². The summed E-state index contributed by atoms with van der Waals surface area (Å²) in [6.45, 7) is 1.09. The fraction of sp³-hybridized carbons (Fsp3) is 0.400. The number of benzene rings is 1. The molecular weight excluding hydrogens is 205 g/mol. The molecule has 0 aromatic heterocycles. The van der Waals surface area contributed by atoms with Crippen LogP contribution in [0.1, 0.15) is 24.4 Å². The topological polar surface area (TPSA) is 12.0 Å². The third-order valence-electron chi connectivity index (χ3n) is 2.40. The highest BCUT2D eigenvalue weighted by atomic mass is 35.5. The molecule has 1 atom stereocenters. The zero-order chi connectivity index (χ0) is 9.26. The van der Waals surface area contributed by atoms with Crippen LogP contribution < -0.4 is 5.32 Å². The van der Waals surface area contributed by atoms with Crippen LogP contribution in [-0.4, -0.2) is 6.54 Å². The van der Waals surface area contributed by atoms with Crippen molar-refractivity contribution in [1.82, 2.24) is 5.32 Å². The van der Waals surface area contributed by atoms with Crippen LogP contribution in [0.5, 0.6) is 0 Å². The summed E-state index contributed by atoms with van der Waals surface area (Å²) in [5.74, 6) is 0. The molecule has 1 aliphatic rings. The molecule has 1 N–H and O–H groups in total. The zero-order valence-electron chi connectivity index (χ0n) is 7.19. The second kappa shape index (κ2) is 3.87. The Morgan fingerprint density at radius 2 is 2.15 bits per heavy atom. The SMILES string of the molecule is Clc1ccc([C@H]2CCCN2)c(Cl)c1. The lowest BCUT2D eigenvalue weighted by atomic mass is 10.1. The van der Waals surface area contributed by atoms with Crippen molar-refractivity contribution >= 4 is 23.2 Å². The summed E-state index contributed by atoms with van der Waals surface area (Å²) in [5.41, 5.74) is 1.17. The van der Waals surface area contributed by atoms with Gasteiger partial charge in [-0.05, 0) is 37.1 Å². The average Bonchev–Trinajstić information content (AvgIpc) is 2.56. The smallest absolute Gasteiger partial charge is 0.0468 e. The van der Waals surface area contributed by atoms with Crippen molar-refractivity contribution in [1.29, 1.82) is 0 Å². The quantitative estimate of drug-likeness (QED) is 0.758. The number of rotatable bonds is 1. The van der Waals surface area contributed by atoms with E-state index in [0.717, 1.165) is 11.6 Å². The Morgan fingerprint density at radius 3 is 2.77 bits per heavy atom. The molecule has 1 aliphatic heterocycles. The standard InChI is InChI=1S/C10H11Cl2N/c11-7-3-4-8(9(12)6-7)10-2-1-5-13-10/h3-4,6,10,13H,1-2,5H2/t10-/m1/s1. The molecule has 13 heavy (non-hydrogen) atoms. The summed E-state index contributed by atoms with van der Waals surface area (Å²) in [6.07, 6.45) is 2.39. The van der Waals surface area contributed by atoms with E-state index in [-0.39, 0.29) is 0 Å². The highest BCUT2D eigenvalue weighted by molar-refractivity contribution is 6.35. The van der Waals surface area contributed by atoms with Gasteiger partial charge in [0.2, 0.25) is 0 Å². The van der Waals surface area contributed by atoms with E-state index in [2.05, 4.69) is 5.32 Å². The molecule has 70 valence electrons.